The molecule has 3 aromatic rings. The molecule has 0 radical (unpaired) electrons. The molecule has 0 aliphatic carbocycles. The largest absolute Gasteiger partial charge is 0.493 e. The van der Waals surface area contributed by atoms with E-state index in [2.05, 4.69) is 5.32 Å². The van der Waals surface area contributed by atoms with Crippen LogP contribution in [-0.4, -0.2) is 17.9 Å². The normalized spacial score (nSPS) is 10.8. The minimum Gasteiger partial charge on any atom is -0.493 e. The van der Waals surface area contributed by atoms with E-state index in [1.165, 1.54) is 19.2 Å². The van der Waals surface area contributed by atoms with Gasteiger partial charge in [-0.25, -0.2) is 0 Å². The average molecular weight is 478 g/mol. The zero-order valence-corrected chi connectivity index (χ0v) is 19.1. The maximum atomic E-state index is 12.7. The van der Waals surface area contributed by atoms with Gasteiger partial charge < -0.3 is 14.8 Å². The number of nitro benzene ring substituents is 1. The minimum atomic E-state index is -0.731. The van der Waals surface area contributed by atoms with Gasteiger partial charge in [-0.05, 0) is 42.3 Å². The molecule has 0 spiro atoms. The summed E-state index contributed by atoms with van der Waals surface area (Å²) in [5.74, 6) is -0.352. The first kappa shape index (κ1) is 24.3. The second-order valence-corrected chi connectivity index (χ2v) is 7.54. The van der Waals surface area contributed by atoms with Gasteiger partial charge in [-0.15, -0.1) is 0 Å². The van der Waals surface area contributed by atoms with Crippen molar-refractivity contribution in [1.29, 1.82) is 5.26 Å². The number of halogens is 1. The average Bonchev–Trinajstić information content (AvgIpc) is 2.84. The first-order chi connectivity index (χ1) is 16.3. The van der Waals surface area contributed by atoms with Crippen molar-refractivity contribution in [2.45, 2.75) is 13.5 Å². The van der Waals surface area contributed by atoms with E-state index in [9.17, 15) is 20.2 Å². The molecular weight excluding hydrogens is 458 g/mol. The number of hydrogen-bond donors (Lipinski definition) is 1. The van der Waals surface area contributed by atoms with Crippen molar-refractivity contribution in [2.75, 3.05) is 12.4 Å². The first-order valence-electron chi connectivity index (χ1n) is 10.1. The molecule has 1 amide bonds. The molecule has 172 valence electrons. The lowest BCUT2D eigenvalue weighted by Gasteiger charge is -2.12. The Labute approximate surface area is 201 Å². The van der Waals surface area contributed by atoms with Gasteiger partial charge in [0.05, 0.1) is 23.7 Å². The molecule has 0 bridgehead atoms. The number of nitrogens with one attached hydrogen (secondary N) is 1. The van der Waals surface area contributed by atoms with Crippen molar-refractivity contribution >= 4 is 35.0 Å². The van der Waals surface area contributed by atoms with Crippen LogP contribution in [0.25, 0.3) is 6.08 Å². The molecule has 0 fully saturated rings. The first-order valence-corrected chi connectivity index (χ1v) is 10.4. The second kappa shape index (κ2) is 11.0. The maximum Gasteiger partial charge on any atom is 0.280 e. The van der Waals surface area contributed by atoms with Gasteiger partial charge >= 0.3 is 0 Å². The highest BCUT2D eigenvalue weighted by Crippen LogP contribution is 2.36. The monoisotopic (exact) mass is 477 g/mol. The van der Waals surface area contributed by atoms with Gasteiger partial charge in [0.15, 0.2) is 11.5 Å². The van der Waals surface area contributed by atoms with Crippen LogP contribution in [0.5, 0.6) is 11.5 Å². The number of anilines is 1. The van der Waals surface area contributed by atoms with Crippen LogP contribution in [0.4, 0.5) is 11.4 Å². The van der Waals surface area contributed by atoms with Crippen LogP contribution < -0.4 is 14.8 Å². The second-order valence-electron chi connectivity index (χ2n) is 7.13. The molecule has 0 unspecified atom stereocenters. The zero-order chi connectivity index (χ0) is 24.7. The fourth-order valence-electron chi connectivity index (χ4n) is 3.08. The van der Waals surface area contributed by atoms with Crippen LogP contribution in [-0.2, 0) is 11.4 Å². The molecular formula is C25H20ClN3O5. The molecule has 0 atom stereocenters. The van der Waals surface area contributed by atoms with E-state index in [0.717, 1.165) is 11.6 Å². The van der Waals surface area contributed by atoms with Crippen LogP contribution in [0.15, 0.2) is 66.2 Å². The summed E-state index contributed by atoms with van der Waals surface area (Å²) in [5, 5.41) is 24.4. The van der Waals surface area contributed by atoms with Crippen molar-refractivity contribution in [1.82, 2.24) is 0 Å². The van der Waals surface area contributed by atoms with Gasteiger partial charge in [0.2, 0.25) is 0 Å². The Morgan fingerprint density at radius 2 is 1.91 bits per heavy atom. The van der Waals surface area contributed by atoms with E-state index in [1.54, 1.807) is 31.2 Å². The highest BCUT2D eigenvalue weighted by Gasteiger charge is 2.21. The summed E-state index contributed by atoms with van der Waals surface area (Å²) < 4.78 is 11.1. The predicted molar refractivity (Wildman–Crippen MR) is 129 cm³/mol. The summed E-state index contributed by atoms with van der Waals surface area (Å²) in [7, 11) is 1.39. The summed E-state index contributed by atoms with van der Waals surface area (Å²) in [6.07, 6.45) is 1.14. The summed E-state index contributed by atoms with van der Waals surface area (Å²) in [6.45, 7) is 1.89. The smallest absolute Gasteiger partial charge is 0.280 e. The third-order valence-electron chi connectivity index (χ3n) is 4.93. The standard InChI is InChI=1S/C25H20ClN3O5/c1-16-20(26)9-6-10-21(16)28-25(30)19(14-27)11-18-12-23(33-2)24(13-22(18)29(31)32)34-15-17-7-4-3-5-8-17/h3-13H,15H2,1-2H3,(H,28,30)/b19-11+. The Kier molecular flexibility index (Phi) is 7.85. The fourth-order valence-corrected chi connectivity index (χ4v) is 3.26. The predicted octanol–water partition coefficient (Wildman–Crippen LogP) is 5.69. The van der Waals surface area contributed by atoms with E-state index >= 15 is 0 Å². The third-order valence-corrected chi connectivity index (χ3v) is 5.34. The van der Waals surface area contributed by atoms with Crippen molar-refractivity contribution in [3.05, 3.63) is 98.1 Å². The lowest BCUT2D eigenvalue weighted by Crippen LogP contribution is -2.14. The molecule has 0 aliphatic heterocycles. The summed E-state index contributed by atoms with van der Waals surface area (Å²) in [5.41, 5.74) is 1.27. The number of nitrogens with zero attached hydrogens (tertiary/aromatic N) is 2. The van der Waals surface area contributed by atoms with Crippen molar-refractivity contribution in [3.63, 3.8) is 0 Å². The van der Waals surface area contributed by atoms with E-state index in [0.29, 0.717) is 16.3 Å². The van der Waals surface area contributed by atoms with E-state index in [4.69, 9.17) is 21.1 Å². The highest BCUT2D eigenvalue weighted by atomic mass is 35.5. The molecule has 1 N–H and O–H groups in total. The molecule has 0 aromatic heterocycles. The number of ether oxygens (including phenoxy) is 2. The van der Waals surface area contributed by atoms with Gasteiger partial charge in [-0.3, -0.25) is 14.9 Å². The molecule has 3 aromatic carbocycles. The number of benzene rings is 3. The van der Waals surface area contributed by atoms with E-state index in [-0.39, 0.29) is 34.9 Å². The number of rotatable bonds is 8. The fraction of sp³-hybridized carbons (Fsp3) is 0.120. The summed E-state index contributed by atoms with van der Waals surface area (Å²) in [4.78, 5) is 23.8. The molecule has 0 saturated carbocycles. The lowest BCUT2D eigenvalue weighted by molar-refractivity contribution is -0.385. The number of carbonyl (C=O) groups excluding carboxylic acids is 1. The number of hydrogen-bond acceptors (Lipinski definition) is 6. The van der Waals surface area contributed by atoms with Crippen LogP contribution in [0.2, 0.25) is 5.02 Å². The van der Waals surface area contributed by atoms with Crippen molar-refractivity contribution < 1.29 is 19.2 Å². The Morgan fingerprint density at radius 1 is 1.18 bits per heavy atom. The molecule has 34 heavy (non-hydrogen) atoms. The Bertz CT molecular complexity index is 1300. The van der Waals surface area contributed by atoms with E-state index in [1.807, 2.05) is 30.3 Å². The zero-order valence-electron chi connectivity index (χ0n) is 18.4. The van der Waals surface area contributed by atoms with Gasteiger partial charge in [0.25, 0.3) is 11.6 Å². The molecule has 3 rings (SSSR count). The van der Waals surface area contributed by atoms with Crippen molar-refractivity contribution in [3.8, 4) is 17.6 Å². The van der Waals surface area contributed by atoms with E-state index < -0.39 is 10.8 Å². The van der Waals surface area contributed by atoms with Gasteiger partial charge in [0.1, 0.15) is 18.2 Å². The van der Waals surface area contributed by atoms with Crippen molar-refractivity contribution in [2.24, 2.45) is 0 Å². The van der Waals surface area contributed by atoms with Crippen LogP contribution in [0.3, 0.4) is 0 Å². The Morgan fingerprint density at radius 3 is 2.56 bits per heavy atom. The molecule has 0 heterocycles. The number of nitriles is 1. The molecule has 0 aliphatic rings. The third kappa shape index (κ3) is 5.71. The minimum absolute atomic E-state index is 0.0171. The maximum absolute atomic E-state index is 12.7. The quantitative estimate of drug-likeness (QED) is 0.193. The topological polar surface area (TPSA) is 114 Å². The molecule has 9 heteroatoms. The van der Waals surface area contributed by atoms with Gasteiger partial charge in [-0.1, -0.05) is 48.0 Å². The van der Waals surface area contributed by atoms with Gasteiger partial charge in [-0.2, -0.15) is 5.26 Å². The van der Waals surface area contributed by atoms with Crippen LogP contribution >= 0.6 is 11.6 Å². The number of nitro groups is 1. The number of carbonyl (C=O) groups is 1. The highest BCUT2D eigenvalue weighted by molar-refractivity contribution is 6.31. The van der Waals surface area contributed by atoms with Gasteiger partial charge in [0, 0.05) is 10.7 Å². The summed E-state index contributed by atoms with van der Waals surface area (Å²) in [6, 6.07) is 18.6. The molecule has 8 nitrogen and oxygen atoms in total. The molecule has 0 saturated heterocycles. The Balaban J connectivity index is 1.94. The number of methoxy groups -OCH3 is 1. The SMILES string of the molecule is COc1cc(/C=C(\C#N)C(=O)Nc2cccc(Cl)c2C)c([N+](=O)[O-])cc1OCc1ccccc1. The van der Waals surface area contributed by atoms with Crippen LogP contribution in [0, 0.1) is 28.4 Å². The number of amides is 1. The Hall–Kier alpha value is -4.35. The van der Waals surface area contributed by atoms with Crippen LogP contribution in [0.1, 0.15) is 16.7 Å². The summed E-state index contributed by atoms with van der Waals surface area (Å²) >= 11 is 6.08. The lowest BCUT2D eigenvalue weighted by atomic mass is 10.1.